The largest absolute Gasteiger partial charge is 0.376 e. The number of benzene rings is 2. The summed E-state index contributed by atoms with van der Waals surface area (Å²) in [6.45, 7) is 1.91. The molecule has 19 heavy (non-hydrogen) atoms. The van der Waals surface area contributed by atoms with Crippen LogP contribution in [0.5, 0.6) is 0 Å². The first-order chi connectivity index (χ1) is 9.24. The molecule has 98 valence electrons. The molecule has 0 heterocycles. The van der Waals surface area contributed by atoms with E-state index in [0.29, 0.717) is 0 Å². The molecule has 2 aromatic rings. The lowest BCUT2D eigenvalue weighted by molar-refractivity contribution is 0.0479. The second-order valence-corrected chi connectivity index (χ2v) is 4.59. The number of ether oxygens (including phenoxy) is 1. The summed E-state index contributed by atoms with van der Waals surface area (Å²) in [5.74, 6) is -0.105. The molecule has 0 radical (unpaired) electrons. The summed E-state index contributed by atoms with van der Waals surface area (Å²) in [5, 5.41) is 0. The summed E-state index contributed by atoms with van der Waals surface area (Å²) in [6.07, 6.45) is -0.214. The number of carbonyl (C=O) groups excluding carboxylic acids is 1. The Morgan fingerprint density at radius 1 is 0.947 bits per heavy atom. The molecule has 2 heteroatoms. The molecule has 0 bridgehead atoms. The number of hydrogen-bond donors (Lipinski definition) is 0. The molecule has 0 aliphatic heterocycles. The second-order valence-electron chi connectivity index (χ2n) is 4.59. The minimum atomic E-state index is -0.214. The lowest BCUT2D eigenvalue weighted by atomic mass is 9.90. The standard InChI is InChI=1S/C17H18O2/c1-13(16(18)14-9-5-3-6-10-14)17(19-2)15-11-7-4-8-12-15/h3-13,17H,1-2H3/t13-,17+/m0/s1. The lowest BCUT2D eigenvalue weighted by Gasteiger charge is -2.22. The third-order valence-electron chi connectivity index (χ3n) is 3.31. The molecule has 0 aliphatic carbocycles. The van der Waals surface area contributed by atoms with Gasteiger partial charge in [0.1, 0.15) is 0 Å². The van der Waals surface area contributed by atoms with E-state index < -0.39 is 0 Å². The topological polar surface area (TPSA) is 26.3 Å². The average molecular weight is 254 g/mol. The smallest absolute Gasteiger partial charge is 0.168 e. The van der Waals surface area contributed by atoms with Crippen molar-refractivity contribution >= 4 is 5.78 Å². The Hall–Kier alpha value is -1.93. The fourth-order valence-corrected chi connectivity index (χ4v) is 2.27. The van der Waals surface area contributed by atoms with Crippen LogP contribution in [-0.4, -0.2) is 12.9 Å². The zero-order valence-corrected chi connectivity index (χ0v) is 11.2. The van der Waals surface area contributed by atoms with Crippen molar-refractivity contribution in [2.45, 2.75) is 13.0 Å². The fraction of sp³-hybridized carbons (Fsp3) is 0.235. The van der Waals surface area contributed by atoms with Crippen molar-refractivity contribution in [1.29, 1.82) is 0 Å². The quantitative estimate of drug-likeness (QED) is 0.756. The van der Waals surface area contributed by atoms with Crippen molar-refractivity contribution in [3.05, 3.63) is 71.8 Å². The van der Waals surface area contributed by atoms with Crippen LogP contribution < -0.4 is 0 Å². The van der Waals surface area contributed by atoms with Gasteiger partial charge in [-0.05, 0) is 5.56 Å². The highest BCUT2D eigenvalue weighted by molar-refractivity contribution is 5.98. The fourth-order valence-electron chi connectivity index (χ4n) is 2.27. The predicted molar refractivity (Wildman–Crippen MR) is 76.1 cm³/mol. The van der Waals surface area contributed by atoms with E-state index in [1.54, 1.807) is 7.11 Å². The van der Waals surface area contributed by atoms with E-state index in [0.717, 1.165) is 11.1 Å². The molecule has 0 fully saturated rings. The summed E-state index contributed by atoms with van der Waals surface area (Å²) in [6, 6.07) is 19.2. The number of Topliss-reactive ketones (excluding diaryl/α,β-unsaturated/α-hetero) is 1. The van der Waals surface area contributed by atoms with Crippen LogP contribution >= 0.6 is 0 Å². The number of methoxy groups -OCH3 is 1. The number of ketones is 1. The van der Waals surface area contributed by atoms with Crippen molar-refractivity contribution in [2.75, 3.05) is 7.11 Å². The first-order valence-electron chi connectivity index (χ1n) is 6.41. The number of hydrogen-bond acceptors (Lipinski definition) is 2. The Labute approximate surface area is 114 Å². The minimum absolute atomic E-state index is 0.108. The molecule has 0 saturated heterocycles. The van der Waals surface area contributed by atoms with Crippen molar-refractivity contribution < 1.29 is 9.53 Å². The van der Waals surface area contributed by atoms with Crippen LogP contribution in [0.3, 0.4) is 0 Å². The van der Waals surface area contributed by atoms with Crippen molar-refractivity contribution in [1.82, 2.24) is 0 Å². The molecule has 2 nitrogen and oxygen atoms in total. The van der Waals surface area contributed by atoms with Gasteiger partial charge in [-0.2, -0.15) is 0 Å². The molecular weight excluding hydrogens is 236 g/mol. The van der Waals surface area contributed by atoms with E-state index in [2.05, 4.69) is 0 Å². The van der Waals surface area contributed by atoms with Gasteiger partial charge in [-0.1, -0.05) is 67.6 Å². The van der Waals surface area contributed by atoms with Crippen LogP contribution in [0.2, 0.25) is 0 Å². The van der Waals surface area contributed by atoms with Gasteiger partial charge in [-0.25, -0.2) is 0 Å². The van der Waals surface area contributed by atoms with Crippen molar-refractivity contribution in [3.8, 4) is 0 Å². The molecule has 0 unspecified atom stereocenters. The van der Waals surface area contributed by atoms with Crippen LogP contribution in [0.15, 0.2) is 60.7 Å². The summed E-state index contributed by atoms with van der Waals surface area (Å²) < 4.78 is 5.52. The third-order valence-corrected chi connectivity index (χ3v) is 3.31. The van der Waals surface area contributed by atoms with Crippen LogP contribution in [0, 0.1) is 5.92 Å². The Morgan fingerprint density at radius 3 is 2.00 bits per heavy atom. The maximum atomic E-state index is 12.4. The molecule has 0 aromatic heterocycles. The molecule has 2 rings (SSSR count). The second kappa shape index (κ2) is 6.30. The first-order valence-corrected chi connectivity index (χ1v) is 6.41. The maximum Gasteiger partial charge on any atom is 0.168 e. The highest BCUT2D eigenvalue weighted by atomic mass is 16.5. The normalized spacial score (nSPS) is 13.8. The molecule has 0 N–H and O–H groups in total. The third kappa shape index (κ3) is 3.09. The zero-order valence-electron chi connectivity index (χ0n) is 11.2. The van der Waals surface area contributed by atoms with E-state index in [9.17, 15) is 4.79 Å². The van der Waals surface area contributed by atoms with E-state index in [1.165, 1.54) is 0 Å². The van der Waals surface area contributed by atoms with Gasteiger partial charge in [0.15, 0.2) is 5.78 Å². The Kier molecular flexibility index (Phi) is 4.48. The SMILES string of the molecule is CO[C@@H](c1ccccc1)[C@@H](C)C(=O)c1ccccc1. The van der Waals surface area contributed by atoms with Gasteiger partial charge in [-0.3, -0.25) is 4.79 Å². The van der Waals surface area contributed by atoms with Crippen LogP contribution in [-0.2, 0) is 4.74 Å². The van der Waals surface area contributed by atoms with Crippen LogP contribution in [0.4, 0.5) is 0 Å². The lowest BCUT2D eigenvalue weighted by Crippen LogP contribution is -2.21. The average Bonchev–Trinajstić information content (AvgIpc) is 2.49. The summed E-state index contributed by atoms with van der Waals surface area (Å²) >= 11 is 0. The van der Waals surface area contributed by atoms with Gasteiger partial charge in [0.2, 0.25) is 0 Å². The van der Waals surface area contributed by atoms with Gasteiger partial charge < -0.3 is 4.74 Å². The number of carbonyl (C=O) groups is 1. The summed E-state index contributed by atoms with van der Waals surface area (Å²) in [4.78, 5) is 12.4. The molecule has 2 atom stereocenters. The Morgan fingerprint density at radius 2 is 1.47 bits per heavy atom. The molecule has 0 amide bonds. The zero-order chi connectivity index (χ0) is 13.7. The van der Waals surface area contributed by atoms with Gasteiger partial charge in [-0.15, -0.1) is 0 Å². The van der Waals surface area contributed by atoms with Crippen molar-refractivity contribution in [2.24, 2.45) is 5.92 Å². The number of rotatable bonds is 5. The predicted octanol–water partition coefficient (Wildman–Crippen LogP) is 3.89. The highest BCUT2D eigenvalue weighted by Crippen LogP contribution is 2.27. The van der Waals surface area contributed by atoms with E-state index >= 15 is 0 Å². The molecular formula is C17H18O2. The molecule has 0 saturated carbocycles. The van der Waals surface area contributed by atoms with Crippen LogP contribution in [0.25, 0.3) is 0 Å². The summed E-state index contributed by atoms with van der Waals surface area (Å²) in [5.41, 5.74) is 1.76. The van der Waals surface area contributed by atoms with E-state index in [1.807, 2.05) is 67.6 Å². The van der Waals surface area contributed by atoms with Gasteiger partial charge in [0.05, 0.1) is 6.10 Å². The molecule has 0 aliphatic rings. The van der Waals surface area contributed by atoms with Crippen LogP contribution in [0.1, 0.15) is 28.9 Å². The molecule has 2 aromatic carbocycles. The van der Waals surface area contributed by atoms with Gasteiger partial charge >= 0.3 is 0 Å². The highest BCUT2D eigenvalue weighted by Gasteiger charge is 2.25. The maximum absolute atomic E-state index is 12.4. The van der Waals surface area contributed by atoms with E-state index in [-0.39, 0.29) is 17.8 Å². The Bertz CT molecular complexity index is 519. The monoisotopic (exact) mass is 254 g/mol. The molecule has 0 spiro atoms. The van der Waals surface area contributed by atoms with Gasteiger partial charge in [0, 0.05) is 18.6 Å². The van der Waals surface area contributed by atoms with Crippen molar-refractivity contribution in [3.63, 3.8) is 0 Å². The van der Waals surface area contributed by atoms with E-state index in [4.69, 9.17) is 4.74 Å². The minimum Gasteiger partial charge on any atom is -0.376 e. The summed E-state index contributed by atoms with van der Waals surface area (Å²) in [7, 11) is 1.65. The van der Waals surface area contributed by atoms with Gasteiger partial charge in [0.25, 0.3) is 0 Å². The first kappa shape index (κ1) is 13.5. The Balaban J connectivity index is 2.22.